The van der Waals surface area contributed by atoms with Gasteiger partial charge in [0.05, 0.1) is 16.9 Å². The molecule has 3 fully saturated rings. The van der Waals surface area contributed by atoms with Crippen molar-refractivity contribution in [2.75, 3.05) is 66.9 Å². The largest absolute Gasteiger partial charge is 0.369 e. The Balaban J connectivity index is 0.893. The highest BCUT2D eigenvalue weighted by Crippen LogP contribution is 2.31. The van der Waals surface area contributed by atoms with E-state index in [0.29, 0.717) is 29.7 Å². The highest BCUT2D eigenvalue weighted by atomic mass is 32.2. The van der Waals surface area contributed by atoms with E-state index >= 15 is 13.2 Å². The summed E-state index contributed by atoms with van der Waals surface area (Å²) in [5, 5.41) is 2.52. The lowest BCUT2D eigenvalue weighted by atomic mass is 9.99. The van der Waals surface area contributed by atoms with E-state index in [1.807, 2.05) is 29.0 Å². The number of ketones is 1. The number of amides is 3. The molecule has 3 N–H and O–H groups in total. The van der Waals surface area contributed by atoms with Gasteiger partial charge in [0.2, 0.25) is 11.7 Å². The molecule has 58 heavy (non-hydrogen) atoms. The van der Waals surface area contributed by atoms with Crippen LogP contribution in [0.5, 0.6) is 0 Å². The third kappa shape index (κ3) is 7.86. The van der Waals surface area contributed by atoms with E-state index in [4.69, 9.17) is 0 Å². The minimum absolute atomic E-state index is 0.00274. The molecule has 0 spiro atoms. The summed E-state index contributed by atoms with van der Waals surface area (Å²) in [6, 6.07) is 15.3. The standard InChI is InChI=1S/C40H38F4N8O5S/c41-27-10-13-51(23-27)58(56,57)48-33-7-6-31(42)36(37(33)44)38(54)30-22-46-39-29(30)19-26(21-45-39)25-3-1-24(2-4-25)9-12-49-15-17-50(18-16-49)28-5-8-34(32(43)20-28)52-14-11-35(53)47-40(52)55/h1-8,19-22,27,48H,9-18,23H2,(H,45,46)(H,47,53,55)/t27-/m1/s1. The molecule has 5 aromatic rings. The summed E-state index contributed by atoms with van der Waals surface area (Å²) in [6.45, 7) is 3.37. The maximum Gasteiger partial charge on any atom is 0.328 e. The second-order valence-electron chi connectivity index (χ2n) is 14.5. The molecule has 5 heterocycles. The van der Waals surface area contributed by atoms with E-state index in [0.717, 1.165) is 59.3 Å². The Labute approximate surface area is 330 Å². The number of carbonyl (C=O) groups excluding carboxylic acids is 3. The van der Waals surface area contributed by atoms with Gasteiger partial charge in [-0.1, -0.05) is 24.3 Å². The molecule has 18 heteroatoms. The number of nitrogens with one attached hydrogen (secondary N) is 3. The topological polar surface area (TPSA) is 151 Å². The molecule has 3 aliphatic heterocycles. The lowest BCUT2D eigenvalue weighted by Crippen LogP contribution is -2.50. The van der Waals surface area contributed by atoms with Crippen molar-refractivity contribution in [1.29, 1.82) is 0 Å². The molecule has 0 unspecified atom stereocenters. The number of fused-ring (bicyclic) bond motifs is 1. The molecule has 3 aliphatic rings. The molecule has 1 atom stereocenters. The SMILES string of the molecule is O=C1CCN(c2ccc(N3CCN(CCc4ccc(-c5cnc6[nH]cc(C(=O)c7c(F)ccc(NS(=O)(=O)N8CC[C@@H](F)C8)c7F)c6c5)cc4)CC3)cc2F)C(=O)N1. The van der Waals surface area contributed by atoms with Gasteiger partial charge in [0.15, 0.2) is 5.82 Å². The van der Waals surface area contributed by atoms with Crippen molar-refractivity contribution in [3.63, 3.8) is 0 Å². The number of piperazine rings is 1. The number of alkyl halides is 1. The number of halogens is 4. The van der Waals surface area contributed by atoms with Gasteiger partial charge in [-0.2, -0.15) is 12.7 Å². The molecule has 302 valence electrons. The van der Waals surface area contributed by atoms with Crippen LogP contribution in [0.15, 0.2) is 73.1 Å². The smallest absolute Gasteiger partial charge is 0.328 e. The molecular weight excluding hydrogens is 781 g/mol. The van der Waals surface area contributed by atoms with Crippen LogP contribution in [-0.2, 0) is 21.4 Å². The summed E-state index contributed by atoms with van der Waals surface area (Å²) in [5.41, 5.74) is 2.06. The van der Waals surface area contributed by atoms with Crippen molar-refractivity contribution >= 4 is 56.0 Å². The third-order valence-electron chi connectivity index (χ3n) is 10.8. The molecule has 3 saturated heterocycles. The summed E-state index contributed by atoms with van der Waals surface area (Å²) < 4.78 is 87.8. The maximum absolute atomic E-state index is 15.7. The van der Waals surface area contributed by atoms with E-state index in [1.165, 1.54) is 17.2 Å². The van der Waals surface area contributed by atoms with Gasteiger partial charge in [0, 0.05) is 93.4 Å². The van der Waals surface area contributed by atoms with E-state index in [1.54, 1.807) is 24.4 Å². The quantitative estimate of drug-likeness (QED) is 0.119. The molecular formula is C40H38F4N8O5S. The molecule has 2 aromatic heterocycles. The molecule has 13 nitrogen and oxygen atoms in total. The van der Waals surface area contributed by atoms with Crippen molar-refractivity contribution in [2.24, 2.45) is 0 Å². The minimum Gasteiger partial charge on any atom is -0.369 e. The number of nitrogens with zero attached hydrogens (tertiary/aromatic N) is 5. The average molecular weight is 819 g/mol. The molecule has 0 aliphatic carbocycles. The second-order valence-corrected chi connectivity index (χ2v) is 16.1. The highest BCUT2D eigenvalue weighted by Gasteiger charge is 2.33. The van der Waals surface area contributed by atoms with Crippen LogP contribution in [0.4, 0.5) is 39.4 Å². The maximum atomic E-state index is 15.7. The average Bonchev–Trinajstić information content (AvgIpc) is 3.85. The predicted molar refractivity (Wildman–Crippen MR) is 209 cm³/mol. The first-order chi connectivity index (χ1) is 27.8. The summed E-state index contributed by atoms with van der Waals surface area (Å²) in [5.74, 6) is -4.50. The van der Waals surface area contributed by atoms with Crippen molar-refractivity contribution in [3.8, 4) is 11.1 Å². The van der Waals surface area contributed by atoms with Gasteiger partial charge >= 0.3 is 16.2 Å². The zero-order valence-electron chi connectivity index (χ0n) is 31.0. The highest BCUT2D eigenvalue weighted by molar-refractivity contribution is 7.90. The van der Waals surface area contributed by atoms with Crippen LogP contribution in [0.1, 0.15) is 34.3 Å². The number of benzene rings is 3. The fraction of sp³-hybridized carbons (Fsp3) is 0.300. The van der Waals surface area contributed by atoms with E-state index in [-0.39, 0.29) is 43.1 Å². The Morgan fingerprint density at radius 1 is 0.897 bits per heavy atom. The van der Waals surface area contributed by atoms with Gasteiger partial charge in [0.1, 0.15) is 23.5 Å². The summed E-state index contributed by atoms with van der Waals surface area (Å²) in [4.78, 5) is 50.2. The molecule has 8 rings (SSSR count). The van der Waals surface area contributed by atoms with Crippen LogP contribution in [0.2, 0.25) is 0 Å². The number of aromatic nitrogens is 2. The van der Waals surface area contributed by atoms with Crippen molar-refractivity contribution in [2.45, 2.75) is 25.4 Å². The van der Waals surface area contributed by atoms with Gasteiger partial charge in [-0.05, 0) is 60.4 Å². The number of hydrogen-bond donors (Lipinski definition) is 3. The Hall–Kier alpha value is -5.85. The van der Waals surface area contributed by atoms with Crippen LogP contribution >= 0.6 is 0 Å². The number of H-pyrrole nitrogens is 1. The molecule has 0 bridgehead atoms. The van der Waals surface area contributed by atoms with Gasteiger partial charge < -0.3 is 9.88 Å². The first-order valence-corrected chi connectivity index (χ1v) is 20.2. The van der Waals surface area contributed by atoms with Gasteiger partial charge in [-0.25, -0.2) is 27.3 Å². The monoisotopic (exact) mass is 818 g/mol. The van der Waals surface area contributed by atoms with Crippen molar-refractivity contribution < 1.29 is 40.4 Å². The fourth-order valence-electron chi connectivity index (χ4n) is 7.52. The van der Waals surface area contributed by atoms with E-state index < -0.39 is 63.4 Å². The van der Waals surface area contributed by atoms with Crippen LogP contribution < -0.4 is 19.8 Å². The Bertz CT molecular complexity index is 2530. The first-order valence-electron chi connectivity index (χ1n) is 18.7. The van der Waals surface area contributed by atoms with Crippen LogP contribution in [0.3, 0.4) is 0 Å². The van der Waals surface area contributed by atoms with Crippen molar-refractivity contribution in [1.82, 2.24) is 24.5 Å². The molecule has 3 amide bonds. The number of aromatic amines is 1. The third-order valence-corrected chi connectivity index (χ3v) is 12.3. The number of urea groups is 1. The van der Waals surface area contributed by atoms with Crippen LogP contribution in [-0.4, -0.2) is 104 Å². The zero-order valence-corrected chi connectivity index (χ0v) is 31.8. The number of carbonyl (C=O) groups is 3. The van der Waals surface area contributed by atoms with Crippen molar-refractivity contribution in [3.05, 3.63) is 107 Å². The Kier molecular flexibility index (Phi) is 10.6. The minimum atomic E-state index is -4.36. The summed E-state index contributed by atoms with van der Waals surface area (Å²) in [6.07, 6.45) is 2.44. The summed E-state index contributed by atoms with van der Waals surface area (Å²) >= 11 is 0. The Morgan fingerprint density at radius 3 is 2.38 bits per heavy atom. The van der Waals surface area contributed by atoms with Gasteiger partial charge in [0.25, 0.3) is 0 Å². The lowest BCUT2D eigenvalue weighted by Gasteiger charge is -2.36. The van der Waals surface area contributed by atoms with Gasteiger partial charge in [-0.3, -0.25) is 29.4 Å². The first kappa shape index (κ1) is 39.0. The number of rotatable bonds is 11. The van der Waals surface area contributed by atoms with Crippen LogP contribution in [0, 0.1) is 17.5 Å². The zero-order chi connectivity index (χ0) is 40.7. The molecule has 0 radical (unpaired) electrons. The molecule has 0 saturated carbocycles. The fourth-order valence-corrected chi connectivity index (χ4v) is 8.79. The lowest BCUT2D eigenvalue weighted by molar-refractivity contribution is -0.120. The van der Waals surface area contributed by atoms with Gasteiger partial charge in [-0.15, -0.1) is 0 Å². The normalized spacial score (nSPS) is 18.2. The van der Waals surface area contributed by atoms with Crippen LogP contribution in [0.25, 0.3) is 22.2 Å². The summed E-state index contributed by atoms with van der Waals surface area (Å²) in [7, 11) is -4.36. The molecule has 3 aromatic carbocycles. The predicted octanol–water partition coefficient (Wildman–Crippen LogP) is 5.39. The number of hydrogen-bond acceptors (Lipinski definition) is 8. The van der Waals surface area contributed by atoms with E-state index in [2.05, 4.69) is 25.1 Å². The Morgan fingerprint density at radius 2 is 1.67 bits per heavy atom. The number of imide groups is 1. The van der Waals surface area contributed by atoms with E-state index in [9.17, 15) is 27.2 Å². The number of pyridine rings is 1. The second kappa shape index (κ2) is 15.8. The number of anilines is 3.